The van der Waals surface area contributed by atoms with E-state index >= 15 is 0 Å². The molecule has 2 rings (SSSR count). The molecule has 0 N–H and O–H groups in total. The Morgan fingerprint density at radius 3 is 3.12 bits per heavy atom. The second-order valence-corrected chi connectivity index (χ2v) is 4.35. The van der Waals surface area contributed by atoms with Crippen molar-refractivity contribution >= 4 is 17.7 Å². The van der Waals surface area contributed by atoms with E-state index in [1.54, 1.807) is 0 Å². The maximum atomic E-state index is 5.79. The fourth-order valence-corrected chi connectivity index (χ4v) is 1.92. The molecule has 0 spiro atoms. The van der Waals surface area contributed by atoms with Gasteiger partial charge in [0.05, 0.1) is 6.61 Å². The SMILES string of the molecule is ClCC=Cc1cccc(OC2CCCCO2)c1. The van der Waals surface area contributed by atoms with E-state index in [0.29, 0.717) is 5.88 Å². The minimum atomic E-state index is -0.0870. The molecule has 2 nitrogen and oxygen atoms in total. The van der Waals surface area contributed by atoms with Crippen LogP contribution in [0.2, 0.25) is 0 Å². The van der Waals surface area contributed by atoms with Gasteiger partial charge in [0.15, 0.2) is 6.29 Å². The topological polar surface area (TPSA) is 18.5 Å². The monoisotopic (exact) mass is 252 g/mol. The maximum Gasteiger partial charge on any atom is 0.199 e. The van der Waals surface area contributed by atoms with Crippen LogP contribution in [0.15, 0.2) is 30.3 Å². The molecule has 1 saturated heterocycles. The lowest BCUT2D eigenvalue weighted by Gasteiger charge is -2.23. The van der Waals surface area contributed by atoms with Gasteiger partial charge in [-0.05, 0) is 30.5 Å². The van der Waals surface area contributed by atoms with Crippen LogP contribution in [-0.2, 0) is 4.74 Å². The molecule has 0 aromatic heterocycles. The highest BCUT2D eigenvalue weighted by Gasteiger charge is 2.14. The molecular weight excluding hydrogens is 236 g/mol. The zero-order chi connectivity index (χ0) is 11.9. The highest BCUT2D eigenvalue weighted by Crippen LogP contribution is 2.20. The largest absolute Gasteiger partial charge is 0.465 e. The van der Waals surface area contributed by atoms with Crippen molar-refractivity contribution in [3.63, 3.8) is 0 Å². The number of alkyl halides is 1. The van der Waals surface area contributed by atoms with Crippen LogP contribution in [0.25, 0.3) is 6.08 Å². The van der Waals surface area contributed by atoms with Crippen molar-refractivity contribution in [2.24, 2.45) is 0 Å². The van der Waals surface area contributed by atoms with E-state index in [4.69, 9.17) is 21.1 Å². The molecule has 17 heavy (non-hydrogen) atoms. The Morgan fingerprint density at radius 1 is 1.41 bits per heavy atom. The minimum Gasteiger partial charge on any atom is -0.465 e. The van der Waals surface area contributed by atoms with Crippen LogP contribution in [0.3, 0.4) is 0 Å². The van der Waals surface area contributed by atoms with Gasteiger partial charge in [-0.1, -0.05) is 24.3 Å². The van der Waals surface area contributed by atoms with E-state index in [-0.39, 0.29) is 6.29 Å². The van der Waals surface area contributed by atoms with E-state index in [2.05, 4.69) is 0 Å². The molecule has 1 atom stereocenters. The molecule has 0 aliphatic carbocycles. The Hall–Kier alpha value is -0.990. The fraction of sp³-hybridized carbons (Fsp3) is 0.429. The Morgan fingerprint density at radius 2 is 2.35 bits per heavy atom. The van der Waals surface area contributed by atoms with Crippen LogP contribution in [-0.4, -0.2) is 18.8 Å². The number of benzene rings is 1. The number of hydrogen-bond donors (Lipinski definition) is 0. The lowest BCUT2D eigenvalue weighted by atomic mass is 10.2. The smallest absolute Gasteiger partial charge is 0.199 e. The molecule has 0 saturated carbocycles. The first kappa shape index (κ1) is 12.5. The molecule has 3 heteroatoms. The average Bonchev–Trinajstić information content (AvgIpc) is 2.38. The Labute approximate surface area is 107 Å². The molecule has 1 aromatic rings. The van der Waals surface area contributed by atoms with Gasteiger partial charge in [0, 0.05) is 12.3 Å². The first-order valence-electron chi connectivity index (χ1n) is 5.99. The lowest BCUT2D eigenvalue weighted by molar-refractivity contribution is -0.105. The zero-order valence-electron chi connectivity index (χ0n) is 9.77. The van der Waals surface area contributed by atoms with Crippen LogP contribution in [0.5, 0.6) is 5.75 Å². The summed E-state index contributed by atoms with van der Waals surface area (Å²) in [5.41, 5.74) is 1.10. The van der Waals surface area contributed by atoms with Crippen LogP contribution in [0, 0.1) is 0 Å². The Balaban J connectivity index is 1.97. The van der Waals surface area contributed by atoms with Crippen LogP contribution in [0.1, 0.15) is 24.8 Å². The van der Waals surface area contributed by atoms with E-state index in [9.17, 15) is 0 Å². The summed E-state index contributed by atoms with van der Waals surface area (Å²) in [5.74, 6) is 1.38. The standard InChI is InChI=1S/C14H17ClO2/c15-9-4-6-12-5-3-7-13(11-12)17-14-8-1-2-10-16-14/h3-7,11,14H,1-2,8-10H2. The maximum absolute atomic E-state index is 5.79. The molecule has 1 heterocycles. The molecule has 1 unspecified atom stereocenters. The number of ether oxygens (including phenoxy) is 2. The summed E-state index contributed by atoms with van der Waals surface area (Å²) in [6.45, 7) is 0.802. The highest BCUT2D eigenvalue weighted by atomic mass is 35.5. The second kappa shape index (κ2) is 6.67. The van der Waals surface area contributed by atoms with E-state index in [1.165, 1.54) is 6.42 Å². The predicted octanol–water partition coefficient (Wildman–Crippen LogP) is 3.84. The van der Waals surface area contributed by atoms with Gasteiger partial charge in [-0.25, -0.2) is 0 Å². The van der Waals surface area contributed by atoms with Crippen molar-refractivity contribution in [1.82, 2.24) is 0 Å². The van der Waals surface area contributed by atoms with Crippen molar-refractivity contribution in [3.8, 4) is 5.75 Å². The van der Waals surface area contributed by atoms with Gasteiger partial charge in [0.25, 0.3) is 0 Å². The summed E-state index contributed by atoms with van der Waals surface area (Å²) in [6, 6.07) is 7.96. The van der Waals surface area contributed by atoms with Gasteiger partial charge in [0.1, 0.15) is 5.75 Å². The Kier molecular flexibility index (Phi) is 4.89. The van der Waals surface area contributed by atoms with Crippen molar-refractivity contribution < 1.29 is 9.47 Å². The van der Waals surface area contributed by atoms with Crippen molar-refractivity contribution in [2.75, 3.05) is 12.5 Å². The minimum absolute atomic E-state index is 0.0870. The summed E-state index contributed by atoms with van der Waals surface area (Å²) in [6.07, 6.45) is 7.10. The molecule has 1 fully saturated rings. The molecular formula is C14H17ClO2. The number of hydrogen-bond acceptors (Lipinski definition) is 2. The summed E-state index contributed by atoms with van der Waals surface area (Å²) in [5, 5.41) is 0. The van der Waals surface area contributed by atoms with E-state index < -0.39 is 0 Å². The van der Waals surface area contributed by atoms with Gasteiger partial charge >= 0.3 is 0 Å². The fourth-order valence-electron chi connectivity index (χ4n) is 1.83. The molecule has 1 aliphatic heterocycles. The third-order valence-electron chi connectivity index (χ3n) is 2.66. The summed E-state index contributed by atoms with van der Waals surface area (Å²) in [7, 11) is 0. The van der Waals surface area contributed by atoms with Crippen LogP contribution in [0.4, 0.5) is 0 Å². The first-order chi connectivity index (χ1) is 8.38. The average molecular weight is 253 g/mol. The van der Waals surface area contributed by atoms with Gasteiger partial charge in [-0.3, -0.25) is 0 Å². The highest BCUT2D eigenvalue weighted by molar-refractivity contribution is 6.19. The molecule has 0 radical (unpaired) electrons. The predicted molar refractivity (Wildman–Crippen MR) is 70.4 cm³/mol. The van der Waals surface area contributed by atoms with Crippen molar-refractivity contribution in [2.45, 2.75) is 25.6 Å². The van der Waals surface area contributed by atoms with Gasteiger partial charge in [-0.2, -0.15) is 0 Å². The van der Waals surface area contributed by atoms with E-state index in [1.807, 2.05) is 36.4 Å². The molecule has 0 amide bonds. The quantitative estimate of drug-likeness (QED) is 0.758. The van der Waals surface area contributed by atoms with Crippen molar-refractivity contribution in [1.29, 1.82) is 0 Å². The third kappa shape index (κ3) is 4.06. The van der Waals surface area contributed by atoms with Gasteiger partial charge in [0.2, 0.25) is 0 Å². The first-order valence-corrected chi connectivity index (χ1v) is 6.53. The Bertz CT molecular complexity index is 370. The summed E-state index contributed by atoms with van der Waals surface area (Å²) in [4.78, 5) is 0. The normalized spacial score (nSPS) is 20.6. The van der Waals surface area contributed by atoms with Gasteiger partial charge < -0.3 is 9.47 Å². The van der Waals surface area contributed by atoms with Crippen molar-refractivity contribution in [3.05, 3.63) is 35.9 Å². The molecule has 0 bridgehead atoms. The number of halogens is 1. The third-order valence-corrected chi connectivity index (χ3v) is 2.84. The molecule has 1 aliphatic rings. The summed E-state index contributed by atoms with van der Waals surface area (Å²) >= 11 is 5.61. The molecule has 1 aromatic carbocycles. The molecule has 92 valence electrons. The lowest BCUT2D eigenvalue weighted by Crippen LogP contribution is -2.24. The van der Waals surface area contributed by atoms with E-state index in [0.717, 1.165) is 30.8 Å². The summed E-state index contributed by atoms with van der Waals surface area (Å²) < 4.78 is 11.3. The van der Waals surface area contributed by atoms with Gasteiger partial charge in [-0.15, -0.1) is 11.6 Å². The zero-order valence-corrected chi connectivity index (χ0v) is 10.5. The second-order valence-electron chi connectivity index (χ2n) is 4.04. The van der Waals surface area contributed by atoms with Crippen LogP contribution < -0.4 is 4.74 Å². The number of rotatable bonds is 4. The van der Waals surface area contributed by atoms with Crippen LogP contribution >= 0.6 is 11.6 Å². The number of allylic oxidation sites excluding steroid dienone is 1.